The van der Waals surface area contributed by atoms with Crippen LogP contribution < -0.4 is 5.43 Å². The third kappa shape index (κ3) is 2.75. The third-order valence-electron chi connectivity index (χ3n) is 2.20. The van der Waals surface area contributed by atoms with E-state index in [1.165, 1.54) is 18.3 Å². The van der Waals surface area contributed by atoms with Crippen LogP contribution in [-0.2, 0) is 0 Å². The molecule has 0 aliphatic heterocycles. The lowest BCUT2D eigenvalue weighted by atomic mass is 10.2. The van der Waals surface area contributed by atoms with Gasteiger partial charge in [-0.1, -0.05) is 17.7 Å². The van der Waals surface area contributed by atoms with Crippen LogP contribution in [0.15, 0.2) is 41.6 Å². The normalized spacial score (nSPS) is 10.8. The van der Waals surface area contributed by atoms with Gasteiger partial charge in [0.15, 0.2) is 0 Å². The largest absolute Gasteiger partial charge is 0.357 e. The molecular formula is C12H9ClFN3O. The third-order valence-corrected chi connectivity index (χ3v) is 2.53. The zero-order valence-corrected chi connectivity index (χ0v) is 9.91. The number of aromatic nitrogens is 1. The first-order valence-corrected chi connectivity index (χ1v) is 5.47. The molecule has 1 heterocycles. The van der Waals surface area contributed by atoms with E-state index < -0.39 is 11.7 Å². The Bertz CT molecular complexity index is 561. The summed E-state index contributed by atoms with van der Waals surface area (Å²) in [7, 11) is 0. The number of H-pyrrole nitrogens is 1. The molecule has 1 aromatic carbocycles. The number of hydrogen-bond donors (Lipinski definition) is 2. The van der Waals surface area contributed by atoms with Crippen molar-refractivity contribution in [1.82, 2.24) is 10.4 Å². The van der Waals surface area contributed by atoms with Crippen LogP contribution in [0.5, 0.6) is 0 Å². The van der Waals surface area contributed by atoms with Crippen molar-refractivity contribution in [2.24, 2.45) is 5.10 Å². The van der Waals surface area contributed by atoms with Gasteiger partial charge in [-0.05, 0) is 24.3 Å². The highest BCUT2D eigenvalue weighted by molar-refractivity contribution is 6.33. The van der Waals surface area contributed by atoms with Crippen molar-refractivity contribution >= 4 is 23.7 Å². The number of nitrogens with one attached hydrogen (secondary N) is 2. The first-order chi connectivity index (χ1) is 8.68. The van der Waals surface area contributed by atoms with E-state index in [1.807, 2.05) is 0 Å². The second-order valence-electron chi connectivity index (χ2n) is 3.42. The van der Waals surface area contributed by atoms with Crippen LogP contribution in [0.2, 0.25) is 5.02 Å². The molecule has 0 atom stereocenters. The molecule has 0 spiro atoms. The van der Waals surface area contributed by atoms with Gasteiger partial charge in [0.1, 0.15) is 11.5 Å². The molecule has 2 rings (SSSR count). The summed E-state index contributed by atoms with van der Waals surface area (Å²) in [6, 6.07) is 7.58. The molecule has 2 N–H and O–H groups in total. The molecule has 92 valence electrons. The molecule has 0 saturated heterocycles. The first kappa shape index (κ1) is 12.3. The molecule has 2 aromatic rings. The van der Waals surface area contributed by atoms with E-state index in [4.69, 9.17) is 11.6 Å². The number of hydrazone groups is 1. The minimum Gasteiger partial charge on any atom is -0.357 e. The number of aromatic amines is 1. The summed E-state index contributed by atoms with van der Waals surface area (Å²) < 4.78 is 13.4. The molecule has 0 unspecified atom stereocenters. The fraction of sp³-hybridized carbons (Fsp3) is 0. The van der Waals surface area contributed by atoms with Gasteiger partial charge in [-0.15, -0.1) is 0 Å². The SMILES string of the molecule is O=C(N/N=C\c1c(F)cccc1Cl)c1ccc[nH]1. The van der Waals surface area contributed by atoms with E-state index in [0.717, 1.165) is 0 Å². The number of carbonyl (C=O) groups is 1. The summed E-state index contributed by atoms with van der Waals surface area (Å²) >= 11 is 5.79. The smallest absolute Gasteiger partial charge is 0.287 e. The summed E-state index contributed by atoms with van der Waals surface area (Å²) in [6.45, 7) is 0. The Kier molecular flexibility index (Phi) is 3.74. The standard InChI is InChI=1S/C12H9ClFN3O/c13-9-3-1-4-10(14)8(9)7-16-17-12(18)11-5-2-6-15-11/h1-7,15H,(H,17,18)/b16-7-. The quantitative estimate of drug-likeness (QED) is 0.650. The molecule has 6 heteroatoms. The Morgan fingerprint density at radius 3 is 2.89 bits per heavy atom. The second-order valence-corrected chi connectivity index (χ2v) is 3.83. The topological polar surface area (TPSA) is 57.2 Å². The zero-order chi connectivity index (χ0) is 13.0. The number of nitrogens with zero attached hydrogens (tertiary/aromatic N) is 1. The van der Waals surface area contributed by atoms with Gasteiger partial charge in [-0.25, -0.2) is 9.82 Å². The van der Waals surface area contributed by atoms with Gasteiger partial charge < -0.3 is 4.98 Å². The van der Waals surface area contributed by atoms with Gasteiger partial charge in [0.05, 0.1) is 11.2 Å². The summed E-state index contributed by atoms with van der Waals surface area (Å²) in [6.07, 6.45) is 2.78. The van der Waals surface area contributed by atoms with Crippen LogP contribution in [0.1, 0.15) is 16.1 Å². The lowest BCUT2D eigenvalue weighted by Gasteiger charge is -1.99. The highest BCUT2D eigenvalue weighted by atomic mass is 35.5. The number of halogens is 2. The van der Waals surface area contributed by atoms with Crippen LogP contribution in [0.25, 0.3) is 0 Å². The molecule has 18 heavy (non-hydrogen) atoms. The molecule has 4 nitrogen and oxygen atoms in total. The molecular weight excluding hydrogens is 257 g/mol. The van der Waals surface area contributed by atoms with Crippen LogP contribution in [0.4, 0.5) is 4.39 Å². The summed E-state index contributed by atoms with van der Waals surface area (Å²) in [5, 5.41) is 3.88. The molecule has 0 fully saturated rings. The van der Waals surface area contributed by atoms with Crippen molar-refractivity contribution in [1.29, 1.82) is 0 Å². The number of carbonyl (C=O) groups excluding carboxylic acids is 1. The van der Waals surface area contributed by atoms with Crippen molar-refractivity contribution < 1.29 is 9.18 Å². The van der Waals surface area contributed by atoms with Gasteiger partial charge in [0, 0.05) is 11.8 Å². The van der Waals surface area contributed by atoms with Gasteiger partial charge in [0.2, 0.25) is 0 Å². The van der Waals surface area contributed by atoms with Crippen molar-refractivity contribution in [3.8, 4) is 0 Å². The van der Waals surface area contributed by atoms with Crippen LogP contribution in [0, 0.1) is 5.82 Å². The highest BCUT2D eigenvalue weighted by Gasteiger charge is 2.05. The van der Waals surface area contributed by atoms with Gasteiger partial charge >= 0.3 is 0 Å². The van der Waals surface area contributed by atoms with E-state index in [0.29, 0.717) is 5.69 Å². The fourth-order valence-electron chi connectivity index (χ4n) is 1.32. The van der Waals surface area contributed by atoms with E-state index in [2.05, 4.69) is 15.5 Å². The Morgan fingerprint density at radius 2 is 2.22 bits per heavy atom. The Balaban J connectivity index is 2.06. The van der Waals surface area contributed by atoms with Gasteiger partial charge in [-0.2, -0.15) is 5.10 Å². The van der Waals surface area contributed by atoms with Crippen LogP contribution in [-0.4, -0.2) is 17.1 Å². The Hall–Kier alpha value is -2.14. The van der Waals surface area contributed by atoms with Crippen LogP contribution >= 0.6 is 11.6 Å². The summed E-state index contributed by atoms with van der Waals surface area (Å²) in [5.74, 6) is -0.913. The maximum absolute atomic E-state index is 13.4. The molecule has 1 aromatic heterocycles. The minimum atomic E-state index is -0.500. The summed E-state index contributed by atoms with van der Waals surface area (Å²) in [4.78, 5) is 14.2. The van der Waals surface area contributed by atoms with Crippen molar-refractivity contribution in [3.05, 3.63) is 58.6 Å². The lowest BCUT2D eigenvalue weighted by Crippen LogP contribution is -2.17. The van der Waals surface area contributed by atoms with Crippen molar-refractivity contribution in [3.63, 3.8) is 0 Å². The minimum absolute atomic E-state index is 0.131. The first-order valence-electron chi connectivity index (χ1n) is 5.09. The van der Waals surface area contributed by atoms with E-state index in [-0.39, 0.29) is 10.6 Å². The summed E-state index contributed by atoms with van der Waals surface area (Å²) in [5.41, 5.74) is 2.76. The van der Waals surface area contributed by atoms with Crippen molar-refractivity contribution in [2.45, 2.75) is 0 Å². The van der Waals surface area contributed by atoms with Gasteiger partial charge in [0.25, 0.3) is 5.91 Å². The van der Waals surface area contributed by atoms with Crippen LogP contribution in [0.3, 0.4) is 0 Å². The van der Waals surface area contributed by atoms with E-state index >= 15 is 0 Å². The molecule has 0 aliphatic rings. The van der Waals surface area contributed by atoms with Crippen molar-refractivity contribution in [2.75, 3.05) is 0 Å². The molecule has 0 bridgehead atoms. The zero-order valence-electron chi connectivity index (χ0n) is 9.15. The molecule has 1 amide bonds. The van der Waals surface area contributed by atoms with E-state index in [9.17, 15) is 9.18 Å². The number of benzene rings is 1. The van der Waals surface area contributed by atoms with E-state index in [1.54, 1.807) is 24.4 Å². The lowest BCUT2D eigenvalue weighted by molar-refractivity contribution is 0.0951. The fourth-order valence-corrected chi connectivity index (χ4v) is 1.53. The average molecular weight is 266 g/mol. The Morgan fingerprint density at radius 1 is 1.39 bits per heavy atom. The second kappa shape index (κ2) is 5.46. The molecule has 0 aliphatic carbocycles. The maximum Gasteiger partial charge on any atom is 0.287 e. The average Bonchev–Trinajstić information content (AvgIpc) is 2.86. The predicted molar refractivity (Wildman–Crippen MR) is 67.3 cm³/mol. The van der Waals surface area contributed by atoms with Gasteiger partial charge in [-0.3, -0.25) is 4.79 Å². The number of amides is 1. The molecule has 0 radical (unpaired) electrons. The Labute approximate surface area is 107 Å². The predicted octanol–water partition coefficient (Wildman–Crippen LogP) is 2.57. The maximum atomic E-state index is 13.4. The molecule has 0 saturated carbocycles. The monoisotopic (exact) mass is 265 g/mol. The highest BCUT2D eigenvalue weighted by Crippen LogP contribution is 2.16. The number of hydrogen-bond acceptors (Lipinski definition) is 2. The number of rotatable bonds is 3.